The minimum absolute atomic E-state index is 0.0158. The van der Waals surface area contributed by atoms with Crippen molar-refractivity contribution in [1.82, 2.24) is 15.0 Å². The van der Waals surface area contributed by atoms with Gasteiger partial charge in [0.15, 0.2) is 16.9 Å². The molecule has 7 nitrogen and oxygen atoms in total. The Bertz CT molecular complexity index is 656. The summed E-state index contributed by atoms with van der Waals surface area (Å²) in [5, 5.41) is 11.6. The van der Waals surface area contributed by atoms with Crippen LogP contribution in [-0.2, 0) is 0 Å². The Kier molecular flexibility index (Phi) is 3.24. The molecule has 0 saturated carbocycles. The largest absolute Gasteiger partial charge is 0.494 e. The molecule has 8 heteroatoms. The summed E-state index contributed by atoms with van der Waals surface area (Å²) in [5.74, 6) is -0.958. The molecule has 2 aromatic heterocycles. The summed E-state index contributed by atoms with van der Waals surface area (Å²) in [6, 6.07) is 2.15. The first-order valence-electron chi connectivity index (χ1n) is 4.77. The van der Waals surface area contributed by atoms with Gasteiger partial charge in [-0.1, -0.05) is 11.6 Å². The molecule has 0 spiro atoms. The Labute approximate surface area is 105 Å². The number of hydrogen-bond acceptors (Lipinski definition) is 5. The fourth-order valence-electron chi connectivity index (χ4n) is 1.24. The zero-order valence-corrected chi connectivity index (χ0v) is 9.60. The van der Waals surface area contributed by atoms with E-state index in [1.165, 1.54) is 12.4 Å². The number of nitrogens with zero attached hydrogens (tertiary/aromatic N) is 2. The zero-order chi connectivity index (χ0) is 13.1. The minimum atomic E-state index is -0.626. The maximum Gasteiger partial charge on any atom is 0.257 e. The highest BCUT2D eigenvalue weighted by Gasteiger charge is 2.11. The third-order valence-corrected chi connectivity index (χ3v) is 2.25. The molecular formula is C10H7ClN4O3. The summed E-state index contributed by atoms with van der Waals surface area (Å²) < 4.78 is 0. The van der Waals surface area contributed by atoms with E-state index in [4.69, 9.17) is 11.6 Å². The average molecular weight is 267 g/mol. The second-order valence-electron chi connectivity index (χ2n) is 3.27. The van der Waals surface area contributed by atoms with Crippen LogP contribution in [0.3, 0.4) is 0 Å². The Balaban J connectivity index is 2.28. The third kappa shape index (κ3) is 2.64. The van der Waals surface area contributed by atoms with Crippen molar-refractivity contribution in [1.29, 1.82) is 0 Å². The summed E-state index contributed by atoms with van der Waals surface area (Å²) in [7, 11) is 0. The van der Waals surface area contributed by atoms with Crippen LogP contribution in [0, 0.1) is 0 Å². The fourth-order valence-corrected chi connectivity index (χ4v) is 1.40. The number of carbonyl (C=O) groups excluding carboxylic acids is 1. The van der Waals surface area contributed by atoms with E-state index in [1.807, 2.05) is 0 Å². The van der Waals surface area contributed by atoms with Crippen molar-refractivity contribution in [3.05, 3.63) is 45.6 Å². The molecule has 92 valence electrons. The molecule has 2 rings (SSSR count). The summed E-state index contributed by atoms with van der Waals surface area (Å²) in [4.78, 5) is 32.5. The number of halogens is 1. The van der Waals surface area contributed by atoms with Gasteiger partial charge in [0.05, 0.1) is 5.56 Å². The summed E-state index contributed by atoms with van der Waals surface area (Å²) in [6.45, 7) is 0. The molecule has 3 N–H and O–H groups in total. The highest BCUT2D eigenvalue weighted by atomic mass is 35.5. The number of aromatic hydroxyl groups is 1. The monoisotopic (exact) mass is 266 g/mol. The van der Waals surface area contributed by atoms with Crippen molar-refractivity contribution >= 4 is 23.3 Å². The Morgan fingerprint density at radius 1 is 1.33 bits per heavy atom. The lowest BCUT2D eigenvalue weighted by Crippen LogP contribution is -2.16. The maximum absolute atomic E-state index is 11.8. The first-order chi connectivity index (χ1) is 8.56. The number of carbonyl (C=O) groups is 1. The van der Waals surface area contributed by atoms with Gasteiger partial charge in [0.25, 0.3) is 11.5 Å². The second kappa shape index (κ2) is 4.84. The Morgan fingerprint density at radius 3 is 2.72 bits per heavy atom. The number of rotatable bonds is 2. The van der Waals surface area contributed by atoms with E-state index >= 15 is 0 Å². The molecule has 0 aromatic carbocycles. The van der Waals surface area contributed by atoms with Gasteiger partial charge in [0.2, 0.25) is 0 Å². The number of hydrogen-bond donors (Lipinski definition) is 3. The van der Waals surface area contributed by atoms with E-state index in [2.05, 4.69) is 20.3 Å². The molecule has 0 fully saturated rings. The highest BCUT2D eigenvalue weighted by molar-refractivity contribution is 6.32. The van der Waals surface area contributed by atoms with E-state index in [9.17, 15) is 14.7 Å². The standard InChI is InChI=1S/C10H7ClN4O3/c11-8-9(13-2-1-12-8)15-10(18)5-3-6(16)14-7(17)4-5/h1-4H,(H,13,15,18)(H2,14,16,17). The van der Waals surface area contributed by atoms with Crippen LogP contribution in [-0.4, -0.2) is 26.0 Å². The predicted octanol–water partition coefficient (Wildman–Crippen LogP) is 0.776. The molecule has 18 heavy (non-hydrogen) atoms. The van der Waals surface area contributed by atoms with Gasteiger partial charge in [-0.15, -0.1) is 0 Å². The minimum Gasteiger partial charge on any atom is -0.494 e. The third-order valence-electron chi connectivity index (χ3n) is 1.98. The number of aromatic amines is 1. The smallest absolute Gasteiger partial charge is 0.257 e. The lowest BCUT2D eigenvalue weighted by Gasteiger charge is -2.04. The Morgan fingerprint density at radius 2 is 2.06 bits per heavy atom. The van der Waals surface area contributed by atoms with Crippen LogP contribution in [0.15, 0.2) is 29.3 Å². The molecule has 0 aliphatic rings. The lowest BCUT2D eigenvalue weighted by atomic mass is 10.2. The van der Waals surface area contributed by atoms with E-state index in [0.29, 0.717) is 0 Å². The first kappa shape index (κ1) is 12.1. The summed E-state index contributed by atoms with van der Waals surface area (Å²) in [5.41, 5.74) is -0.608. The normalized spacial score (nSPS) is 10.1. The molecule has 1 amide bonds. The zero-order valence-electron chi connectivity index (χ0n) is 8.85. The van der Waals surface area contributed by atoms with Crippen LogP contribution >= 0.6 is 11.6 Å². The molecule has 2 aromatic rings. The van der Waals surface area contributed by atoms with Gasteiger partial charge < -0.3 is 10.4 Å². The molecule has 0 aliphatic carbocycles. The number of anilines is 1. The van der Waals surface area contributed by atoms with Gasteiger partial charge >= 0.3 is 0 Å². The maximum atomic E-state index is 11.8. The number of nitrogens with one attached hydrogen (secondary N) is 2. The first-order valence-corrected chi connectivity index (χ1v) is 5.15. The van der Waals surface area contributed by atoms with Crippen LogP contribution in [0.4, 0.5) is 5.82 Å². The van der Waals surface area contributed by atoms with E-state index in [0.717, 1.165) is 12.1 Å². The fraction of sp³-hybridized carbons (Fsp3) is 0. The van der Waals surface area contributed by atoms with Crippen LogP contribution in [0.25, 0.3) is 0 Å². The molecule has 0 atom stereocenters. The van der Waals surface area contributed by atoms with Gasteiger partial charge in [-0.3, -0.25) is 14.6 Å². The van der Waals surface area contributed by atoms with Gasteiger partial charge in [-0.2, -0.15) is 0 Å². The van der Waals surface area contributed by atoms with E-state index in [1.54, 1.807) is 0 Å². The SMILES string of the molecule is O=C(Nc1nccnc1Cl)c1cc(O)[nH]c(=O)c1. The summed E-state index contributed by atoms with van der Waals surface area (Å²) in [6.07, 6.45) is 2.73. The lowest BCUT2D eigenvalue weighted by molar-refractivity contribution is 0.102. The average Bonchev–Trinajstić information content (AvgIpc) is 2.31. The number of aromatic nitrogens is 3. The Hall–Kier alpha value is -2.41. The molecule has 0 bridgehead atoms. The van der Waals surface area contributed by atoms with Crippen molar-refractivity contribution in [3.8, 4) is 5.88 Å². The molecule has 2 heterocycles. The summed E-state index contributed by atoms with van der Waals surface area (Å²) >= 11 is 5.71. The highest BCUT2D eigenvalue weighted by Crippen LogP contribution is 2.15. The predicted molar refractivity (Wildman–Crippen MR) is 63.7 cm³/mol. The van der Waals surface area contributed by atoms with Crippen molar-refractivity contribution in [2.75, 3.05) is 5.32 Å². The molecular weight excluding hydrogens is 260 g/mol. The van der Waals surface area contributed by atoms with Crippen molar-refractivity contribution < 1.29 is 9.90 Å². The van der Waals surface area contributed by atoms with Crippen LogP contribution in [0.2, 0.25) is 5.15 Å². The van der Waals surface area contributed by atoms with Crippen LogP contribution in [0.1, 0.15) is 10.4 Å². The van der Waals surface area contributed by atoms with E-state index in [-0.39, 0.29) is 16.5 Å². The molecule has 0 unspecified atom stereocenters. The molecule has 0 aliphatic heterocycles. The van der Waals surface area contributed by atoms with Crippen LogP contribution in [0.5, 0.6) is 5.88 Å². The number of pyridine rings is 1. The van der Waals surface area contributed by atoms with Crippen molar-refractivity contribution in [2.45, 2.75) is 0 Å². The van der Waals surface area contributed by atoms with Crippen molar-refractivity contribution in [3.63, 3.8) is 0 Å². The quantitative estimate of drug-likeness (QED) is 0.744. The van der Waals surface area contributed by atoms with Gasteiger partial charge in [-0.05, 0) is 0 Å². The van der Waals surface area contributed by atoms with Gasteiger partial charge in [0, 0.05) is 24.5 Å². The topological polar surface area (TPSA) is 108 Å². The molecule has 0 radical (unpaired) electrons. The number of amides is 1. The molecule has 0 saturated heterocycles. The second-order valence-corrected chi connectivity index (χ2v) is 3.63. The van der Waals surface area contributed by atoms with Crippen LogP contribution < -0.4 is 10.9 Å². The van der Waals surface area contributed by atoms with Gasteiger partial charge in [0.1, 0.15) is 0 Å². The van der Waals surface area contributed by atoms with Crippen molar-refractivity contribution in [2.24, 2.45) is 0 Å². The van der Waals surface area contributed by atoms with E-state index < -0.39 is 17.3 Å². The van der Waals surface area contributed by atoms with Gasteiger partial charge in [-0.25, -0.2) is 9.97 Å². The number of H-pyrrole nitrogens is 1.